The van der Waals surface area contributed by atoms with E-state index in [1.165, 1.54) is 6.42 Å². The van der Waals surface area contributed by atoms with E-state index < -0.39 is 12.6 Å². The fraction of sp³-hybridized carbons (Fsp3) is 1.00. The summed E-state index contributed by atoms with van der Waals surface area (Å²) in [6, 6.07) is 0. The van der Waals surface area contributed by atoms with Crippen LogP contribution < -0.4 is 5.32 Å². The molecule has 0 aromatic carbocycles. The van der Waals surface area contributed by atoms with E-state index in [1.807, 2.05) is 6.92 Å². The molecule has 5 heteroatoms. The van der Waals surface area contributed by atoms with Gasteiger partial charge < -0.3 is 10.1 Å². The number of halogens is 3. The van der Waals surface area contributed by atoms with Crippen molar-refractivity contribution in [2.45, 2.75) is 70.6 Å². The summed E-state index contributed by atoms with van der Waals surface area (Å²) >= 11 is 0. The van der Waals surface area contributed by atoms with Crippen molar-refractivity contribution in [3.8, 4) is 0 Å². The van der Waals surface area contributed by atoms with Crippen LogP contribution in [0.5, 0.6) is 0 Å². The molecule has 0 aromatic rings. The van der Waals surface area contributed by atoms with Crippen LogP contribution in [-0.4, -0.2) is 31.5 Å². The fourth-order valence-electron chi connectivity index (χ4n) is 2.90. The van der Waals surface area contributed by atoms with E-state index >= 15 is 0 Å². The van der Waals surface area contributed by atoms with Crippen molar-refractivity contribution in [1.29, 1.82) is 0 Å². The van der Waals surface area contributed by atoms with Crippen LogP contribution in [-0.2, 0) is 4.74 Å². The maximum atomic E-state index is 12.1. The smallest absolute Gasteiger partial charge is 0.374 e. The molecule has 0 saturated heterocycles. The predicted octanol–water partition coefficient (Wildman–Crippen LogP) is 4.29. The Morgan fingerprint density at radius 3 is 2.35 bits per heavy atom. The summed E-state index contributed by atoms with van der Waals surface area (Å²) in [5.74, 6) is 0.753. The Morgan fingerprint density at radius 2 is 1.85 bits per heavy atom. The van der Waals surface area contributed by atoms with Gasteiger partial charge in [-0.25, -0.2) is 0 Å². The van der Waals surface area contributed by atoms with Crippen LogP contribution >= 0.6 is 0 Å². The molecule has 2 nitrogen and oxygen atoms in total. The molecular formula is C15H28F3NO. The number of hydrogen-bond acceptors (Lipinski definition) is 2. The topological polar surface area (TPSA) is 21.3 Å². The van der Waals surface area contributed by atoms with Crippen LogP contribution in [0.15, 0.2) is 0 Å². The van der Waals surface area contributed by atoms with Crippen LogP contribution in [0.1, 0.15) is 58.8 Å². The molecule has 20 heavy (non-hydrogen) atoms. The van der Waals surface area contributed by atoms with Crippen LogP contribution in [0.4, 0.5) is 13.2 Å². The quantitative estimate of drug-likeness (QED) is 0.674. The first kappa shape index (κ1) is 17.8. The maximum Gasteiger partial charge on any atom is 0.389 e. The Hall–Kier alpha value is -0.290. The third kappa shape index (κ3) is 6.44. The largest absolute Gasteiger partial charge is 0.389 e. The Balaban J connectivity index is 2.40. The Labute approximate surface area is 120 Å². The van der Waals surface area contributed by atoms with Gasteiger partial charge in [0.1, 0.15) is 0 Å². The van der Waals surface area contributed by atoms with Crippen molar-refractivity contribution < 1.29 is 17.9 Å². The van der Waals surface area contributed by atoms with Crippen LogP contribution in [0.25, 0.3) is 0 Å². The van der Waals surface area contributed by atoms with Gasteiger partial charge in [-0.1, -0.05) is 20.3 Å². The van der Waals surface area contributed by atoms with E-state index in [2.05, 4.69) is 12.2 Å². The van der Waals surface area contributed by atoms with Gasteiger partial charge in [-0.15, -0.1) is 0 Å². The molecule has 1 aliphatic rings. The zero-order valence-corrected chi connectivity index (χ0v) is 12.7. The molecule has 0 heterocycles. The summed E-state index contributed by atoms with van der Waals surface area (Å²) in [5.41, 5.74) is -0.243. The highest BCUT2D eigenvalue weighted by molar-refractivity contribution is 4.89. The van der Waals surface area contributed by atoms with Gasteiger partial charge in [0.2, 0.25) is 0 Å². The van der Waals surface area contributed by atoms with Crippen molar-refractivity contribution in [2.75, 3.05) is 19.7 Å². The normalized spacial score (nSPS) is 27.8. The van der Waals surface area contributed by atoms with Gasteiger partial charge in [0.25, 0.3) is 0 Å². The average molecular weight is 295 g/mol. The van der Waals surface area contributed by atoms with Crippen LogP contribution in [0, 0.1) is 5.92 Å². The van der Waals surface area contributed by atoms with Gasteiger partial charge in [-0.05, 0) is 44.6 Å². The van der Waals surface area contributed by atoms with E-state index in [1.54, 1.807) is 0 Å². The molecule has 1 rings (SSSR count). The van der Waals surface area contributed by atoms with Crippen molar-refractivity contribution >= 4 is 0 Å². The molecule has 0 atom stereocenters. The standard InChI is InChI=1S/C15H28F3NO/c1-3-13-6-9-14(10-7-13,12-19-4-2)20-11-5-8-15(16,17)18/h13,19H,3-12H2,1-2H3. The Morgan fingerprint density at radius 1 is 1.20 bits per heavy atom. The predicted molar refractivity (Wildman–Crippen MR) is 74.8 cm³/mol. The first-order valence-electron chi connectivity index (χ1n) is 7.82. The lowest BCUT2D eigenvalue weighted by Crippen LogP contribution is -2.46. The second kappa shape index (κ2) is 8.23. The zero-order chi connectivity index (χ0) is 15.1. The molecule has 1 fully saturated rings. The second-order valence-corrected chi connectivity index (χ2v) is 5.88. The minimum atomic E-state index is -4.07. The molecule has 0 unspecified atom stereocenters. The van der Waals surface area contributed by atoms with E-state index in [-0.39, 0.29) is 18.6 Å². The molecule has 1 saturated carbocycles. The number of hydrogen-bond donors (Lipinski definition) is 1. The highest BCUT2D eigenvalue weighted by atomic mass is 19.4. The summed E-state index contributed by atoms with van der Waals surface area (Å²) in [5, 5.41) is 3.30. The molecular weight excluding hydrogens is 267 g/mol. The van der Waals surface area contributed by atoms with Crippen LogP contribution in [0.3, 0.4) is 0 Å². The molecule has 0 spiro atoms. The van der Waals surface area contributed by atoms with Gasteiger partial charge in [0.05, 0.1) is 5.60 Å². The van der Waals surface area contributed by atoms with E-state index in [0.717, 1.165) is 44.7 Å². The summed E-state index contributed by atoms with van der Waals surface area (Å²) in [7, 11) is 0. The minimum absolute atomic E-state index is 0.0641. The van der Waals surface area contributed by atoms with Crippen LogP contribution in [0.2, 0.25) is 0 Å². The number of rotatable bonds is 8. The Kier molecular flexibility index (Phi) is 7.30. The minimum Gasteiger partial charge on any atom is -0.374 e. The highest BCUT2D eigenvalue weighted by Gasteiger charge is 2.35. The second-order valence-electron chi connectivity index (χ2n) is 5.88. The molecule has 0 amide bonds. The van der Waals surface area contributed by atoms with E-state index in [0.29, 0.717) is 0 Å². The van der Waals surface area contributed by atoms with E-state index in [4.69, 9.17) is 4.74 Å². The van der Waals surface area contributed by atoms with E-state index in [9.17, 15) is 13.2 Å². The van der Waals surface area contributed by atoms with Gasteiger partial charge in [-0.3, -0.25) is 0 Å². The summed E-state index contributed by atoms with van der Waals surface area (Å²) in [6.45, 7) is 6.07. The number of alkyl halides is 3. The third-order valence-electron chi connectivity index (χ3n) is 4.30. The molecule has 0 radical (unpaired) electrons. The lowest BCUT2D eigenvalue weighted by molar-refractivity contribution is -0.144. The molecule has 0 aliphatic heterocycles. The maximum absolute atomic E-state index is 12.1. The Bertz CT molecular complexity index is 260. The molecule has 1 aliphatic carbocycles. The van der Waals surface area contributed by atoms with Gasteiger partial charge >= 0.3 is 6.18 Å². The average Bonchev–Trinajstić information content (AvgIpc) is 2.41. The first-order valence-corrected chi connectivity index (χ1v) is 7.82. The first-order chi connectivity index (χ1) is 9.41. The lowest BCUT2D eigenvalue weighted by atomic mass is 9.77. The van der Waals surface area contributed by atoms with Crippen molar-refractivity contribution in [1.82, 2.24) is 5.32 Å². The summed E-state index contributed by atoms with van der Waals surface area (Å²) in [6.07, 6.45) is 0.608. The SMILES string of the molecule is CCNCC1(OCCCC(F)(F)F)CCC(CC)CC1. The van der Waals surface area contributed by atoms with Crippen molar-refractivity contribution in [2.24, 2.45) is 5.92 Å². The highest BCUT2D eigenvalue weighted by Crippen LogP contribution is 2.36. The van der Waals surface area contributed by atoms with Gasteiger partial charge in [-0.2, -0.15) is 13.2 Å². The third-order valence-corrected chi connectivity index (χ3v) is 4.30. The molecule has 120 valence electrons. The van der Waals surface area contributed by atoms with Gasteiger partial charge in [0, 0.05) is 19.6 Å². The number of likely N-dealkylation sites (N-methyl/N-ethyl adjacent to an activating group) is 1. The zero-order valence-electron chi connectivity index (χ0n) is 12.7. The molecule has 0 bridgehead atoms. The summed E-state index contributed by atoms with van der Waals surface area (Å²) < 4.78 is 42.3. The number of nitrogens with one attached hydrogen (secondary N) is 1. The lowest BCUT2D eigenvalue weighted by Gasteiger charge is -2.40. The monoisotopic (exact) mass is 295 g/mol. The molecule has 1 N–H and O–H groups in total. The summed E-state index contributed by atoms with van der Waals surface area (Å²) in [4.78, 5) is 0. The number of ether oxygens (including phenoxy) is 1. The van der Waals surface area contributed by atoms with Crippen molar-refractivity contribution in [3.63, 3.8) is 0 Å². The fourth-order valence-corrected chi connectivity index (χ4v) is 2.90. The van der Waals surface area contributed by atoms with Crippen molar-refractivity contribution in [3.05, 3.63) is 0 Å². The van der Waals surface area contributed by atoms with Gasteiger partial charge in [0.15, 0.2) is 0 Å². The molecule has 0 aromatic heterocycles.